The first-order valence-electron chi connectivity index (χ1n) is 11.8. The smallest absolute Gasteiger partial charge is 0.255 e. The highest BCUT2D eigenvalue weighted by Crippen LogP contribution is 2.37. The summed E-state index contributed by atoms with van der Waals surface area (Å²) < 4.78 is 0. The molecule has 2 heterocycles. The van der Waals surface area contributed by atoms with Crippen molar-refractivity contribution in [1.82, 2.24) is 10.2 Å². The van der Waals surface area contributed by atoms with Gasteiger partial charge in [0.25, 0.3) is 5.91 Å². The third kappa shape index (κ3) is 4.22. The third-order valence-electron chi connectivity index (χ3n) is 6.96. The van der Waals surface area contributed by atoms with E-state index in [1.165, 1.54) is 4.90 Å². The molecule has 0 aromatic heterocycles. The van der Waals surface area contributed by atoms with E-state index in [1.807, 2.05) is 30.3 Å². The highest BCUT2D eigenvalue weighted by Gasteiger charge is 2.40. The molecule has 3 aliphatic rings. The van der Waals surface area contributed by atoms with Crippen LogP contribution in [0, 0.1) is 0 Å². The van der Waals surface area contributed by atoms with E-state index in [1.54, 1.807) is 18.2 Å². The lowest BCUT2D eigenvalue weighted by Gasteiger charge is -2.29. The molecule has 3 N–H and O–H groups in total. The molecule has 9 nitrogen and oxygen atoms in total. The number of imide groups is 1. The molecule has 0 radical (unpaired) electrons. The number of amides is 3. The number of nitrogens with one attached hydrogen (secondary N) is 1. The van der Waals surface area contributed by atoms with Crippen LogP contribution in [0.15, 0.2) is 64.9 Å². The van der Waals surface area contributed by atoms with Crippen molar-refractivity contribution in [2.75, 3.05) is 6.61 Å². The van der Waals surface area contributed by atoms with Gasteiger partial charge >= 0.3 is 0 Å². The van der Waals surface area contributed by atoms with Crippen molar-refractivity contribution in [3.8, 4) is 0 Å². The van der Waals surface area contributed by atoms with Crippen molar-refractivity contribution in [1.29, 1.82) is 0 Å². The van der Waals surface area contributed by atoms with Gasteiger partial charge < -0.3 is 15.1 Å². The number of fused-ring (bicyclic) bond motifs is 1. The van der Waals surface area contributed by atoms with E-state index in [-0.39, 0.29) is 72.8 Å². The summed E-state index contributed by atoms with van der Waals surface area (Å²) in [6.07, 6.45) is 0.814. The molecule has 2 unspecified atom stereocenters. The molecule has 2 aromatic carbocycles. The molecule has 0 bridgehead atoms. The third-order valence-corrected chi connectivity index (χ3v) is 6.96. The number of aliphatic hydroxyl groups is 2. The van der Waals surface area contributed by atoms with Gasteiger partial charge in [-0.3, -0.25) is 24.5 Å². The summed E-state index contributed by atoms with van der Waals surface area (Å²) in [6, 6.07) is 13.6. The lowest BCUT2D eigenvalue weighted by molar-refractivity contribution is -0.137. The Morgan fingerprint density at radius 2 is 1.81 bits per heavy atom. The summed E-state index contributed by atoms with van der Waals surface area (Å²) in [4.78, 5) is 55.9. The molecule has 9 heteroatoms. The van der Waals surface area contributed by atoms with Crippen LogP contribution in [0.25, 0.3) is 0 Å². The van der Waals surface area contributed by atoms with E-state index in [4.69, 9.17) is 0 Å². The number of aliphatic hydroxyl groups excluding tert-OH is 2. The quantitative estimate of drug-likeness (QED) is 0.438. The van der Waals surface area contributed by atoms with Gasteiger partial charge in [0, 0.05) is 36.9 Å². The van der Waals surface area contributed by atoms with Gasteiger partial charge in [-0.25, -0.2) is 4.99 Å². The van der Waals surface area contributed by atoms with Crippen molar-refractivity contribution in [3.05, 3.63) is 76.6 Å². The molecule has 1 fully saturated rings. The predicted octanol–water partition coefficient (Wildman–Crippen LogP) is 2.47. The topological polar surface area (TPSA) is 136 Å². The van der Waals surface area contributed by atoms with Crippen LogP contribution in [-0.2, 0) is 20.9 Å². The molecule has 2 atom stereocenters. The van der Waals surface area contributed by atoms with Crippen molar-refractivity contribution in [3.63, 3.8) is 0 Å². The Balaban J connectivity index is 1.45. The number of rotatable bonds is 5. The minimum Gasteiger partial charge on any atom is -0.511 e. The second kappa shape index (κ2) is 9.50. The number of piperidine rings is 1. The van der Waals surface area contributed by atoms with Crippen LogP contribution in [-0.4, -0.2) is 57.0 Å². The normalized spacial score (nSPS) is 22.7. The van der Waals surface area contributed by atoms with Gasteiger partial charge in [-0.1, -0.05) is 36.4 Å². The number of hydrogen-bond acceptors (Lipinski definition) is 7. The first-order valence-corrected chi connectivity index (χ1v) is 11.8. The van der Waals surface area contributed by atoms with Crippen molar-refractivity contribution < 1.29 is 29.4 Å². The molecule has 0 saturated carbocycles. The zero-order valence-electron chi connectivity index (χ0n) is 19.4. The van der Waals surface area contributed by atoms with Crippen LogP contribution in [0.3, 0.4) is 0 Å². The number of hydrogen-bond donors (Lipinski definition) is 3. The lowest BCUT2D eigenvalue weighted by atomic mass is 9.81. The SMILES string of the molecule is O=C1CCC(N2Cc3c(N=C(CO)C4=C(O)CC(c5ccccc5)CC4=O)cccc3C2=O)C(=O)N1. The van der Waals surface area contributed by atoms with Crippen LogP contribution in [0.5, 0.6) is 0 Å². The zero-order chi connectivity index (χ0) is 25.4. The number of carbonyl (C=O) groups is 4. The van der Waals surface area contributed by atoms with Crippen LogP contribution >= 0.6 is 0 Å². The molecule has 36 heavy (non-hydrogen) atoms. The maximum atomic E-state index is 13.1. The molecule has 0 spiro atoms. The van der Waals surface area contributed by atoms with Gasteiger partial charge in [0.15, 0.2) is 5.78 Å². The summed E-state index contributed by atoms with van der Waals surface area (Å²) in [7, 11) is 0. The Hall–Kier alpha value is -4.11. The zero-order valence-corrected chi connectivity index (χ0v) is 19.4. The molecule has 5 rings (SSSR count). The summed E-state index contributed by atoms with van der Waals surface area (Å²) in [5.74, 6) is -1.81. The molecule has 1 aliphatic carbocycles. The first kappa shape index (κ1) is 23.6. The maximum Gasteiger partial charge on any atom is 0.255 e. The molecule has 1 saturated heterocycles. The summed E-state index contributed by atoms with van der Waals surface area (Å²) in [5.41, 5.74) is 2.29. The van der Waals surface area contributed by atoms with Crippen molar-refractivity contribution >= 4 is 34.9 Å². The Morgan fingerprint density at radius 1 is 1.03 bits per heavy atom. The maximum absolute atomic E-state index is 13.1. The molecule has 184 valence electrons. The Morgan fingerprint density at radius 3 is 2.50 bits per heavy atom. The monoisotopic (exact) mass is 487 g/mol. The van der Waals surface area contributed by atoms with Crippen molar-refractivity contribution in [2.24, 2.45) is 4.99 Å². The van der Waals surface area contributed by atoms with Crippen LogP contribution < -0.4 is 5.32 Å². The van der Waals surface area contributed by atoms with Gasteiger partial charge in [-0.2, -0.15) is 0 Å². The van der Waals surface area contributed by atoms with Crippen molar-refractivity contribution in [2.45, 2.75) is 44.2 Å². The van der Waals surface area contributed by atoms with Gasteiger partial charge in [0.2, 0.25) is 11.8 Å². The molecular weight excluding hydrogens is 462 g/mol. The standard InChI is InChI=1S/C27H25N3O6/c31-14-20(25-22(32)11-16(12-23(25)33)15-5-2-1-3-6-15)28-19-8-4-7-17-18(19)13-30(27(17)36)21-9-10-24(34)29-26(21)35/h1-8,16,21,31-32H,9-14H2,(H,29,34,35). The van der Waals surface area contributed by atoms with Crippen LogP contribution in [0.2, 0.25) is 0 Å². The molecule has 3 amide bonds. The number of ketones is 1. The lowest BCUT2D eigenvalue weighted by Crippen LogP contribution is -2.52. The highest BCUT2D eigenvalue weighted by atomic mass is 16.3. The van der Waals surface area contributed by atoms with Gasteiger partial charge in [0.05, 0.1) is 23.6 Å². The number of aliphatic imine (C=N–C) groups is 1. The molecule has 2 aromatic rings. The summed E-state index contributed by atoms with van der Waals surface area (Å²) in [5, 5.41) is 23.1. The highest BCUT2D eigenvalue weighted by molar-refractivity contribution is 6.24. The minimum atomic E-state index is -0.765. The van der Waals surface area contributed by atoms with E-state index in [2.05, 4.69) is 10.3 Å². The predicted molar refractivity (Wildman–Crippen MR) is 130 cm³/mol. The molecule has 2 aliphatic heterocycles. The number of carbonyl (C=O) groups excluding carboxylic acids is 4. The largest absolute Gasteiger partial charge is 0.511 e. The van der Waals surface area contributed by atoms with Gasteiger partial charge in [-0.05, 0) is 30.0 Å². The van der Waals surface area contributed by atoms with E-state index >= 15 is 0 Å². The van der Waals surface area contributed by atoms with Crippen LogP contribution in [0.4, 0.5) is 5.69 Å². The summed E-state index contributed by atoms with van der Waals surface area (Å²) in [6.45, 7) is -0.469. The van der Waals surface area contributed by atoms with E-state index in [0.717, 1.165) is 5.56 Å². The minimum absolute atomic E-state index is 0.00799. The Kier molecular flexibility index (Phi) is 6.24. The average molecular weight is 488 g/mol. The van der Waals surface area contributed by atoms with Gasteiger partial charge in [0.1, 0.15) is 11.8 Å². The fourth-order valence-electron chi connectivity index (χ4n) is 5.17. The fraction of sp³-hybridized carbons (Fsp3) is 0.296. The first-order chi connectivity index (χ1) is 17.4. The van der Waals surface area contributed by atoms with Gasteiger partial charge in [-0.15, -0.1) is 0 Å². The fourth-order valence-corrected chi connectivity index (χ4v) is 5.17. The van der Waals surface area contributed by atoms with E-state index in [0.29, 0.717) is 16.8 Å². The molecular formula is C27H25N3O6. The van der Waals surface area contributed by atoms with Crippen LogP contribution in [0.1, 0.15) is 53.1 Å². The Labute approximate surface area is 207 Å². The number of Topliss-reactive ketones (excluding diaryl/α,β-unsaturated/α-hetero) is 1. The average Bonchev–Trinajstić information content (AvgIpc) is 3.20. The second-order valence-electron chi connectivity index (χ2n) is 9.18. The van der Waals surface area contributed by atoms with E-state index in [9.17, 15) is 29.4 Å². The second-order valence-corrected chi connectivity index (χ2v) is 9.18. The summed E-state index contributed by atoms with van der Waals surface area (Å²) >= 11 is 0. The Bertz CT molecular complexity index is 1330. The number of allylic oxidation sites excluding steroid dienone is 1. The number of benzene rings is 2. The number of nitrogens with zero attached hydrogens (tertiary/aromatic N) is 2. The van der Waals surface area contributed by atoms with E-state index < -0.39 is 18.6 Å².